The van der Waals surface area contributed by atoms with Gasteiger partial charge in [0.25, 0.3) is 0 Å². The Kier molecular flexibility index (Phi) is 2.40. The Morgan fingerprint density at radius 1 is 1.14 bits per heavy atom. The molecule has 1 radical (unpaired) electrons. The Bertz CT molecular complexity index is 446. The van der Waals surface area contributed by atoms with Crippen LogP contribution in [-0.2, 0) is 0 Å². The molecule has 0 N–H and O–H groups in total. The highest BCUT2D eigenvalue weighted by atomic mass is 16.5. The average molecular weight is 185 g/mol. The van der Waals surface area contributed by atoms with E-state index in [0.29, 0.717) is 6.61 Å². The quantitative estimate of drug-likeness (QED) is 0.696. The average Bonchev–Trinajstić information content (AvgIpc) is 2.23. The van der Waals surface area contributed by atoms with Crippen molar-refractivity contribution in [2.24, 2.45) is 0 Å². The summed E-state index contributed by atoms with van der Waals surface area (Å²) < 4.78 is 5.59. The van der Waals surface area contributed by atoms with Crippen molar-refractivity contribution in [3.05, 3.63) is 48.9 Å². The summed E-state index contributed by atoms with van der Waals surface area (Å²) in [6.45, 7) is 6.63. The minimum atomic E-state index is 0.677. The molecule has 2 aromatic rings. The molecule has 0 aliphatic carbocycles. The first kappa shape index (κ1) is 9.07. The molecule has 0 unspecified atom stereocenters. The van der Waals surface area contributed by atoms with Gasteiger partial charge in [-0.05, 0) is 24.8 Å². The monoisotopic (exact) mass is 185 g/mol. The van der Waals surface area contributed by atoms with Gasteiger partial charge in [0.15, 0.2) is 0 Å². The zero-order valence-corrected chi connectivity index (χ0v) is 8.29. The van der Waals surface area contributed by atoms with Crippen LogP contribution in [0.5, 0.6) is 5.75 Å². The molecule has 0 aromatic heterocycles. The molecule has 14 heavy (non-hydrogen) atoms. The molecule has 0 atom stereocenters. The smallest absolute Gasteiger partial charge is 0.130 e. The molecule has 1 heteroatoms. The second kappa shape index (κ2) is 3.70. The fourth-order valence-corrected chi connectivity index (χ4v) is 1.60. The Labute approximate surface area is 84.3 Å². The van der Waals surface area contributed by atoms with Crippen LogP contribution in [0.3, 0.4) is 0 Å². The van der Waals surface area contributed by atoms with Gasteiger partial charge in [-0.15, -0.1) is 0 Å². The van der Waals surface area contributed by atoms with E-state index >= 15 is 0 Å². The zero-order valence-electron chi connectivity index (χ0n) is 8.29. The number of hydrogen-bond donors (Lipinski definition) is 0. The maximum absolute atomic E-state index is 5.59. The zero-order chi connectivity index (χ0) is 9.97. The van der Waals surface area contributed by atoms with E-state index in [2.05, 4.69) is 25.1 Å². The molecule has 2 aromatic carbocycles. The first-order chi connectivity index (χ1) is 6.83. The molecule has 1 nitrogen and oxygen atoms in total. The van der Waals surface area contributed by atoms with Crippen molar-refractivity contribution >= 4 is 10.8 Å². The van der Waals surface area contributed by atoms with Crippen LogP contribution >= 0.6 is 0 Å². The van der Waals surface area contributed by atoms with Crippen LogP contribution in [0.25, 0.3) is 10.8 Å². The van der Waals surface area contributed by atoms with Gasteiger partial charge in [0, 0.05) is 5.39 Å². The Hall–Kier alpha value is -1.50. The van der Waals surface area contributed by atoms with E-state index < -0.39 is 0 Å². The van der Waals surface area contributed by atoms with Gasteiger partial charge in [-0.25, -0.2) is 0 Å². The van der Waals surface area contributed by atoms with Crippen LogP contribution in [0.4, 0.5) is 0 Å². The maximum atomic E-state index is 5.59. The third kappa shape index (κ3) is 1.46. The van der Waals surface area contributed by atoms with Crippen LogP contribution < -0.4 is 4.74 Å². The lowest BCUT2D eigenvalue weighted by molar-refractivity contribution is 0.343. The van der Waals surface area contributed by atoms with E-state index in [9.17, 15) is 0 Å². The predicted octanol–water partition coefficient (Wildman–Crippen LogP) is 3.42. The fraction of sp³-hybridized carbons (Fsp3) is 0.154. The number of fused-ring (bicyclic) bond motifs is 1. The number of hydrogen-bond acceptors (Lipinski definition) is 1. The van der Waals surface area contributed by atoms with Crippen molar-refractivity contribution in [2.45, 2.75) is 6.92 Å². The SMILES string of the molecule is [CH2]c1ccc2ccccc2c1OCC. The summed E-state index contributed by atoms with van der Waals surface area (Å²) in [6, 6.07) is 12.3. The third-order valence-electron chi connectivity index (χ3n) is 2.25. The Morgan fingerprint density at radius 2 is 1.93 bits per heavy atom. The van der Waals surface area contributed by atoms with Crippen molar-refractivity contribution in [1.82, 2.24) is 0 Å². The fourth-order valence-electron chi connectivity index (χ4n) is 1.60. The van der Waals surface area contributed by atoms with Crippen molar-refractivity contribution < 1.29 is 4.74 Å². The van der Waals surface area contributed by atoms with Gasteiger partial charge < -0.3 is 4.74 Å². The third-order valence-corrected chi connectivity index (χ3v) is 2.25. The molecule has 0 fully saturated rings. The van der Waals surface area contributed by atoms with E-state index in [4.69, 9.17) is 4.74 Å². The molecule has 0 heterocycles. The lowest BCUT2D eigenvalue weighted by Gasteiger charge is -2.10. The van der Waals surface area contributed by atoms with Gasteiger partial charge >= 0.3 is 0 Å². The maximum Gasteiger partial charge on any atom is 0.130 e. The predicted molar refractivity (Wildman–Crippen MR) is 59.6 cm³/mol. The summed E-state index contributed by atoms with van der Waals surface area (Å²) in [5.74, 6) is 0.908. The largest absolute Gasteiger partial charge is 0.493 e. The summed E-state index contributed by atoms with van der Waals surface area (Å²) >= 11 is 0. The standard InChI is InChI=1S/C13H13O/c1-3-14-13-10(2)8-9-11-6-4-5-7-12(11)13/h4-9H,2-3H2,1H3. The van der Waals surface area contributed by atoms with Gasteiger partial charge in [-0.1, -0.05) is 36.4 Å². The Balaban J connectivity index is 2.69. The first-order valence-corrected chi connectivity index (χ1v) is 4.79. The first-order valence-electron chi connectivity index (χ1n) is 4.79. The molecule has 0 saturated carbocycles. The number of rotatable bonds is 2. The normalized spacial score (nSPS) is 10.4. The van der Waals surface area contributed by atoms with Crippen molar-refractivity contribution in [3.8, 4) is 5.75 Å². The van der Waals surface area contributed by atoms with Crippen LogP contribution in [-0.4, -0.2) is 6.61 Å². The van der Waals surface area contributed by atoms with Crippen molar-refractivity contribution in [1.29, 1.82) is 0 Å². The second-order valence-electron chi connectivity index (χ2n) is 3.21. The van der Waals surface area contributed by atoms with Crippen molar-refractivity contribution in [3.63, 3.8) is 0 Å². The highest BCUT2D eigenvalue weighted by Crippen LogP contribution is 2.28. The van der Waals surface area contributed by atoms with Crippen molar-refractivity contribution in [2.75, 3.05) is 6.61 Å². The highest BCUT2D eigenvalue weighted by Gasteiger charge is 2.03. The van der Waals surface area contributed by atoms with Gasteiger partial charge in [0.1, 0.15) is 5.75 Å². The van der Waals surface area contributed by atoms with E-state index in [-0.39, 0.29) is 0 Å². The molecular formula is C13H13O. The van der Waals surface area contributed by atoms with E-state index in [1.807, 2.05) is 25.1 Å². The van der Waals surface area contributed by atoms with E-state index in [0.717, 1.165) is 16.7 Å². The number of benzene rings is 2. The van der Waals surface area contributed by atoms with Gasteiger partial charge in [-0.3, -0.25) is 0 Å². The molecule has 0 bridgehead atoms. The molecule has 0 aliphatic rings. The molecule has 0 aliphatic heterocycles. The van der Waals surface area contributed by atoms with Gasteiger partial charge in [-0.2, -0.15) is 0 Å². The van der Waals surface area contributed by atoms with E-state index in [1.165, 1.54) is 5.39 Å². The summed E-state index contributed by atoms with van der Waals surface area (Å²) in [5, 5.41) is 2.34. The van der Waals surface area contributed by atoms with Crippen LogP contribution in [0.2, 0.25) is 0 Å². The van der Waals surface area contributed by atoms with Gasteiger partial charge in [0.2, 0.25) is 0 Å². The van der Waals surface area contributed by atoms with Gasteiger partial charge in [0.05, 0.1) is 6.61 Å². The van der Waals surface area contributed by atoms with Crippen LogP contribution in [0.15, 0.2) is 36.4 Å². The topological polar surface area (TPSA) is 9.23 Å². The van der Waals surface area contributed by atoms with Crippen LogP contribution in [0, 0.1) is 6.92 Å². The summed E-state index contributed by atoms with van der Waals surface area (Å²) in [4.78, 5) is 0. The minimum absolute atomic E-state index is 0.677. The molecule has 0 amide bonds. The highest BCUT2D eigenvalue weighted by molar-refractivity contribution is 5.89. The summed E-state index contributed by atoms with van der Waals surface area (Å²) in [6.07, 6.45) is 0. The van der Waals surface area contributed by atoms with E-state index in [1.54, 1.807) is 0 Å². The lowest BCUT2D eigenvalue weighted by atomic mass is 10.1. The molecule has 71 valence electrons. The van der Waals surface area contributed by atoms with Crippen LogP contribution in [0.1, 0.15) is 12.5 Å². The Morgan fingerprint density at radius 3 is 2.71 bits per heavy atom. The summed E-state index contributed by atoms with van der Waals surface area (Å²) in [7, 11) is 0. The molecular weight excluding hydrogens is 172 g/mol. The number of ether oxygens (including phenoxy) is 1. The molecule has 0 saturated heterocycles. The second-order valence-corrected chi connectivity index (χ2v) is 3.21. The molecule has 2 rings (SSSR count). The summed E-state index contributed by atoms with van der Waals surface area (Å²) in [5.41, 5.74) is 0.950. The molecule has 0 spiro atoms. The minimum Gasteiger partial charge on any atom is -0.493 e. The lowest BCUT2D eigenvalue weighted by Crippen LogP contribution is -1.94.